The van der Waals surface area contributed by atoms with Crippen molar-refractivity contribution in [3.8, 4) is 5.69 Å². The summed E-state index contributed by atoms with van der Waals surface area (Å²) in [6, 6.07) is 7.98. The Balaban J connectivity index is 1.82. The van der Waals surface area contributed by atoms with Crippen LogP contribution in [0.4, 0.5) is 10.1 Å². The molecule has 1 amide bonds. The summed E-state index contributed by atoms with van der Waals surface area (Å²) in [5, 5.41) is 10.9. The van der Waals surface area contributed by atoms with Crippen LogP contribution in [0.15, 0.2) is 42.7 Å². The minimum atomic E-state index is -0.384. The molecule has 1 aromatic carbocycles. The molecule has 0 atom stereocenters. The van der Waals surface area contributed by atoms with Crippen LogP contribution in [0.1, 0.15) is 16.2 Å². The summed E-state index contributed by atoms with van der Waals surface area (Å²) in [6.45, 7) is 1.81. The van der Waals surface area contributed by atoms with E-state index in [-0.39, 0.29) is 11.7 Å². The van der Waals surface area contributed by atoms with Gasteiger partial charge in [-0.3, -0.25) is 9.48 Å². The molecule has 3 rings (SSSR count). The highest BCUT2D eigenvalue weighted by atomic mass is 19.1. The Bertz CT molecular complexity index is 836. The number of halogens is 1. The first-order chi connectivity index (χ1) is 10.5. The smallest absolute Gasteiger partial charge is 0.274 e. The Labute approximate surface area is 126 Å². The van der Waals surface area contributed by atoms with Gasteiger partial charge in [0.2, 0.25) is 0 Å². The summed E-state index contributed by atoms with van der Waals surface area (Å²) < 4.78 is 16.6. The Kier molecular flexibility index (Phi) is 3.46. The predicted molar refractivity (Wildman–Crippen MR) is 79.4 cm³/mol. The van der Waals surface area contributed by atoms with E-state index in [1.165, 1.54) is 21.6 Å². The van der Waals surface area contributed by atoms with Crippen molar-refractivity contribution >= 4 is 11.6 Å². The topological polar surface area (TPSA) is 64.7 Å². The van der Waals surface area contributed by atoms with Gasteiger partial charge in [-0.25, -0.2) is 9.07 Å². The van der Waals surface area contributed by atoms with Crippen LogP contribution in [-0.4, -0.2) is 25.5 Å². The highest BCUT2D eigenvalue weighted by Gasteiger charge is 2.13. The molecular formula is C15H14FN5O. The number of hydrogen-bond acceptors (Lipinski definition) is 3. The molecule has 0 fully saturated rings. The fraction of sp³-hybridized carbons (Fsp3) is 0.133. The molecule has 22 heavy (non-hydrogen) atoms. The Morgan fingerprint density at radius 2 is 2.09 bits per heavy atom. The number of benzene rings is 1. The van der Waals surface area contributed by atoms with Gasteiger partial charge in [0.05, 0.1) is 23.8 Å². The van der Waals surface area contributed by atoms with Crippen LogP contribution in [0, 0.1) is 12.7 Å². The summed E-state index contributed by atoms with van der Waals surface area (Å²) in [7, 11) is 1.70. The normalized spacial score (nSPS) is 10.7. The van der Waals surface area contributed by atoms with Crippen LogP contribution in [-0.2, 0) is 7.05 Å². The van der Waals surface area contributed by atoms with E-state index in [0.717, 1.165) is 5.69 Å². The quantitative estimate of drug-likeness (QED) is 0.807. The minimum Gasteiger partial charge on any atom is -0.318 e. The van der Waals surface area contributed by atoms with Gasteiger partial charge in [-0.2, -0.15) is 10.2 Å². The van der Waals surface area contributed by atoms with Crippen molar-refractivity contribution in [2.75, 3.05) is 5.32 Å². The van der Waals surface area contributed by atoms with Crippen molar-refractivity contribution in [2.45, 2.75) is 6.92 Å². The van der Waals surface area contributed by atoms with E-state index in [1.807, 2.05) is 6.92 Å². The van der Waals surface area contributed by atoms with Crippen molar-refractivity contribution in [3.63, 3.8) is 0 Å². The lowest BCUT2D eigenvalue weighted by Gasteiger charge is -2.03. The molecule has 0 bridgehead atoms. The second kappa shape index (κ2) is 5.44. The zero-order chi connectivity index (χ0) is 15.7. The number of anilines is 1. The third kappa shape index (κ3) is 2.60. The van der Waals surface area contributed by atoms with E-state index in [1.54, 1.807) is 37.5 Å². The molecule has 0 aliphatic carbocycles. The highest BCUT2D eigenvalue weighted by Crippen LogP contribution is 2.15. The maximum atomic E-state index is 13.7. The first-order valence-electron chi connectivity index (χ1n) is 6.66. The van der Waals surface area contributed by atoms with Gasteiger partial charge in [0.25, 0.3) is 5.91 Å². The van der Waals surface area contributed by atoms with Crippen molar-refractivity contribution in [2.24, 2.45) is 7.05 Å². The number of carbonyl (C=O) groups is 1. The zero-order valence-corrected chi connectivity index (χ0v) is 12.1. The largest absolute Gasteiger partial charge is 0.318 e. The van der Waals surface area contributed by atoms with Gasteiger partial charge in [-0.15, -0.1) is 0 Å². The molecule has 2 heterocycles. The van der Waals surface area contributed by atoms with Crippen molar-refractivity contribution in [1.29, 1.82) is 0 Å². The van der Waals surface area contributed by atoms with E-state index in [0.29, 0.717) is 17.1 Å². The van der Waals surface area contributed by atoms with Gasteiger partial charge in [0, 0.05) is 7.05 Å². The first-order valence-corrected chi connectivity index (χ1v) is 6.66. The number of rotatable bonds is 3. The van der Waals surface area contributed by atoms with Crippen LogP contribution in [0.2, 0.25) is 0 Å². The van der Waals surface area contributed by atoms with E-state index in [9.17, 15) is 9.18 Å². The number of aryl methyl sites for hydroxylation is 2. The van der Waals surface area contributed by atoms with Gasteiger partial charge in [-0.1, -0.05) is 12.1 Å². The summed E-state index contributed by atoms with van der Waals surface area (Å²) in [5.74, 6) is -0.679. The molecule has 2 aromatic heterocycles. The van der Waals surface area contributed by atoms with Crippen LogP contribution in [0.25, 0.3) is 5.69 Å². The van der Waals surface area contributed by atoms with Crippen molar-refractivity contribution in [1.82, 2.24) is 19.6 Å². The standard InChI is InChI=1S/C15H14FN5O/c1-10-7-14(20(2)19-10)15(22)18-11-8-17-21(9-11)13-6-4-3-5-12(13)16/h3-9H,1-2H3,(H,18,22). The van der Waals surface area contributed by atoms with Gasteiger partial charge >= 0.3 is 0 Å². The van der Waals surface area contributed by atoms with Crippen molar-refractivity contribution < 1.29 is 9.18 Å². The van der Waals surface area contributed by atoms with E-state index in [2.05, 4.69) is 15.5 Å². The number of hydrogen-bond donors (Lipinski definition) is 1. The molecule has 0 spiro atoms. The molecule has 7 heteroatoms. The predicted octanol–water partition coefficient (Wildman–Crippen LogP) is 2.31. The lowest BCUT2D eigenvalue weighted by molar-refractivity contribution is 0.101. The fourth-order valence-corrected chi connectivity index (χ4v) is 2.17. The lowest BCUT2D eigenvalue weighted by atomic mass is 10.3. The van der Waals surface area contributed by atoms with Gasteiger partial charge in [-0.05, 0) is 25.1 Å². The highest BCUT2D eigenvalue weighted by molar-refractivity contribution is 6.03. The summed E-state index contributed by atoms with van der Waals surface area (Å²) in [6.07, 6.45) is 3.02. The van der Waals surface area contributed by atoms with Gasteiger partial charge in [0.15, 0.2) is 0 Å². The Morgan fingerprint density at radius 1 is 1.32 bits per heavy atom. The number of amides is 1. The number of carbonyl (C=O) groups excluding carboxylic acids is 1. The van der Waals surface area contributed by atoms with Crippen LogP contribution in [0.5, 0.6) is 0 Å². The molecule has 0 aliphatic rings. The second-order valence-electron chi connectivity index (χ2n) is 4.87. The summed E-state index contributed by atoms with van der Waals surface area (Å²) >= 11 is 0. The molecule has 0 radical (unpaired) electrons. The average molecular weight is 299 g/mol. The number of nitrogens with one attached hydrogen (secondary N) is 1. The minimum absolute atomic E-state index is 0.295. The maximum Gasteiger partial charge on any atom is 0.274 e. The van der Waals surface area contributed by atoms with Crippen molar-refractivity contribution in [3.05, 3.63) is 59.9 Å². The first kappa shape index (κ1) is 14.0. The molecule has 3 aromatic rings. The van der Waals surface area contributed by atoms with Crippen LogP contribution >= 0.6 is 0 Å². The number of para-hydroxylation sites is 1. The van der Waals surface area contributed by atoms with Gasteiger partial charge < -0.3 is 5.32 Å². The zero-order valence-electron chi connectivity index (χ0n) is 12.1. The molecule has 6 nitrogen and oxygen atoms in total. The maximum absolute atomic E-state index is 13.7. The summed E-state index contributed by atoms with van der Waals surface area (Å²) in [4.78, 5) is 12.2. The molecule has 0 unspecified atom stereocenters. The number of nitrogens with zero attached hydrogens (tertiary/aromatic N) is 4. The van der Waals surface area contributed by atoms with E-state index in [4.69, 9.17) is 0 Å². The average Bonchev–Trinajstić information content (AvgIpc) is 3.06. The molecule has 112 valence electrons. The van der Waals surface area contributed by atoms with E-state index >= 15 is 0 Å². The van der Waals surface area contributed by atoms with E-state index < -0.39 is 0 Å². The Hall–Kier alpha value is -2.96. The molecule has 1 N–H and O–H groups in total. The Morgan fingerprint density at radius 3 is 2.77 bits per heavy atom. The molecule has 0 saturated carbocycles. The molecule has 0 saturated heterocycles. The fourth-order valence-electron chi connectivity index (χ4n) is 2.17. The molecule has 0 aliphatic heterocycles. The van der Waals surface area contributed by atoms with Crippen LogP contribution in [0.3, 0.4) is 0 Å². The number of aromatic nitrogens is 4. The SMILES string of the molecule is Cc1cc(C(=O)Nc2cnn(-c3ccccc3F)c2)n(C)n1. The third-order valence-corrected chi connectivity index (χ3v) is 3.17. The molecular weight excluding hydrogens is 285 g/mol. The second-order valence-corrected chi connectivity index (χ2v) is 4.87. The van der Waals surface area contributed by atoms with Crippen LogP contribution < -0.4 is 5.32 Å². The lowest BCUT2D eigenvalue weighted by Crippen LogP contribution is -2.15. The monoisotopic (exact) mass is 299 g/mol. The third-order valence-electron chi connectivity index (χ3n) is 3.17. The summed E-state index contributed by atoms with van der Waals surface area (Å²) in [5.41, 5.74) is 2.00. The van der Waals surface area contributed by atoms with Gasteiger partial charge in [0.1, 0.15) is 17.2 Å².